The Bertz CT molecular complexity index is 832. The Labute approximate surface area is 153 Å². The van der Waals surface area contributed by atoms with Crippen LogP contribution >= 0.6 is 0 Å². The highest BCUT2D eigenvalue weighted by Crippen LogP contribution is 2.20. The summed E-state index contributed by atoms with van der Waals surface area (Å²) in [5.74, 6) is -3.54. The van der Waals surface area contributed by atoms with E-state index in [1.807, 2.05) is 4.90 Å². The van der Waals surface area contributed by atoms with Crippen LogP contribution in [0.15, 0.2) is 42.5 Å². The molecule has 2 aromatic carbocycles. The van der Waals surface area contributed by atoms with E-state index in [1.165, 1.54) is 11.0 Å². The number of para-hydroxylation sites is 1. The summed E-state index contributed by atoms with van der Waals surface area (Å²) in [5.41, 5.74) is 0.175. The first kappa shape index (κ1) is 18.8. The quantitative estimate of drug-likeness (QED) is 0.768. The zero-order valence-corrected chi connectivity index (χ0v) is 14.3. The van der Waals surface area contributed by atoms with Gasteiger partial charge in [0, 0.05) is 32.2 Å². The molecule has 1 aliphatic heterocycles. The third kappa shape index (κ3) is 4.58. The molecule has 0 spiro atoms. The Morgan fingerprint density at radius 2 is 1.56 bits per heavy atom. The van der Waals surface area contributed by atoms with Crippen molar-refractivity contribution in [3.63, 3.8) is 0 Å². The molecule has 0 N–H and O–H groups in total. The van der Waals surface area contributed by atoms with Crippen molar-refractivity contribution in [3.05, 3.63) is 65.5 Å². The van der Waals surface area contributed by atoms with Crippen LogP contribution < -0.4 is 4.90 Å². The summed E-state index contributed by atoms with van der Waals surface area (Å²) in [6.45, 7) is 1.04. The van der Waals surface area contributed by atoms with Crippen LogP contribution in [0.25, 0.3) is 0 Å². The predicted octanol–water partition coefficient (Wildman–Crippen LogP) is 2.61. The van der Waals surface area contributed by atoms with Gasteiger partial charge < -0.3 is 14.5 Å². The number of carbonyl (C=O) groups excluding carboxylic acids is 2. The Morgan fingerprint density at radius 3 is 2.19 bits per heavy atom. The van der Waals surface area contributed by atoms with Crippen LogP contribution in [0.2, 0.25) is 0 Å². The largest absolute Gasteiger partial charge is 0.452 e. The Hall–Kier alpha value is -3.03. The highest BCUT2D eigenvalue weighted by molar-refractivity contribution is 5.91. The molecule has 0 unspecified atom stereocenters. The van der Waals surface area contributed by atoms with E-state index in [2.05, 4.69) is 0 Å². The normalized spacial score (nSPS) is 14.2. The van der Waals surface area contributed by atoms with Crippen LogP contribution in [-0.2, 0) is 9.53 Å². The number of halogens is 3. The van der Waals surface area contributed by atoms with E-state index < -0.39 is 30.1 Å². The number of rotatable bonds is 4. The first-order valence-electron chi connectivity index (χ1n) is 8.34. The molecule has 1 heterocycles. The second-order valence-electron chi connectivity index (χ2n) is 6.05. The molecule has 0 bridgehead atoms. The Morgan fingerprint density at radius 1 is 0.926 bits per heavy atom. The van der Waals surface area contributed by atoms with Gasteiger partial charge in [-0.1, -0.05) is 12.1 Å². The fraction of sp³-hybridized carbons (Fsp3) is 0.263. The third-order valence-electron chi connectivity index (χ3n) is 4.25. The number of anilines is 1. The molecule has 0 aromatic heterocycles. The van der Waals surface area contributed by atoms with E-state index in [-0.39, 0.29) is 11.4 Å². The molecular formula is C19H17F3N2O3. The molecule has 5 nitrogen and oxygen atoms in total. The number of ether oxygens (including phenoxy) is 1. The zero-order chi connectivity index (χ0) is 19.4. The predicted molar refractivity (Wildman–Crippen MR) is 91.8 cm³/mol. The summed E-state index contributed by atoms with van der Waals surface area (Å²) < 4.78 is 44.9. The summed E-state index contributed by atoms with van der Waals surface area (Å²) in [5, 5.41) is 0. The summed E-state index contributed by atoms with van der Waals surface area (Å²) in [7, 11) is 0. The summed E-state index contributed by atoms with van der Waals surface area (Å²) in [4.78, 5) is 27.4. The van der Waals surface area contributed by atoms with Gasteiger partial charge in [-0.05, 0) is 24.3 Å². The molecule has 0 radical (unpaired) electrons. The van der Waals surface area contributed by atoms with Crippen molar-refractivity contribution in [3.8, 4) is 0 Å². The molecule has 27 heavy (non-hydrogen) atoms. The van der Waals surface area contributed by atoms with Gasteiger partial charge in [-0.25, -0.2) is 18.0 Å². The van der Waals surface area contributed by atoms with Gasteiger partial charge in [-0.15, -0.1) is 0 Å². The molecule has 1 fully saturated rings. The van der Waals surface area contributed by atoms with Crippen molar-refractivity contribution in [2.75, 3.05) is 37.7 Å². The van der Waals surface area contributed by atoms with Crippen molar-refractivity contribution >= 4 is 17.6 Å². The highest BCUT2D eigenvalue weighted by atomic mass is 19.1. The average Bonchev–Trinajstić information content (AvgIpc) is 2.65. The summed E-state index contributed by atoms with van der Waals surface area (Å²) >= 11 is 0. The number of benzene rings is 2. The molecule has 0 atom stereocenters. The van der Waals surface area contributed by atoms with Gasteiger partial charge in [-0.3, -0.25) is 4.79 Å². The van der Waals surface area contributed by atoms with Crippen molar-refractivity contribution in [1.82, 2.24) is 4.90 Å². The van der Waals surface area contributed by atoms with Gasteiger partial charge in [0.05, 0.1) is 11.3 Å². The number of carbonyl (C=O) groups is 2. The van der Waals surface area contributed by atoms with E-state index in [4.69, 9.17) is 4.74 Å². The summed E-state index contributed by atoms with van der Waals surface area (Å²) in [6.07, 6.45) is 0. The fourth-order valence-electron chi connectivity index (χ4n) is 2.88. The first-order chi connectivity index (χ1) is 12.9. The second kappa shape index (κ2) is 8.11. The third-order valence-corrected chi connectivity index (χ3v) is 4.25. The van der Waals surface area contributed by atoms with Gasteiger partial charge in [0.25, 0.3) is 5.91 Å². The minimum atomic E-state index is -0.980. The van der Waals surface area contributed by atoms with Crippen LogP contribution in [0.4, 0.5) is 18.9 Å². The molecule has 8 heteroatoms. The maximum atomic E-state index is 13.8. The average molecular weight is 378 g/mol. The van der Waals surface area contributed by atoms with Crippen LogP contribution in [0.5, 0.6) is 0 Å². The van der Waals surface area contributed by atoms with Crippen molar-refractivity contribution in [2.24, 2.45) is 0 Å². The van der Waals surface area contributed by atoms with Crippen LogP contribution in [0.1, 0.15) is 10.4 Å². The van der Waals surface area contributed by atoms with E-state index >= 15 is 0 Å². The van der Waals surface area contributed by atoms with E-state index in [9.17, 15) is 22.8 Å². The highest BCUT2D eigenvalue weighted by Gasteiger charge is 2.23. The number of piperazine rings is 1. The van der Waals surface area contributed by atoms with E-state index in [1.54, 1.807) is 18.2 Å². The van der Waals surface area contributed by atoms with Crippen LogP contribution in [-0.4, -0.2) is 49.6 Å². The molecule has 1 amide bonds. The molecule has 142 valence electrons. The lowest BCUT2D eigenvalue weighted by molar-refractivity contribution is -0.134. The number of hydrogen-bond donors (Lipinski definition) is 0. The van der Waals surface area contributed by atoms with Gasteiger partial charge in [0.1, 0.15) is 17.5 Å². The first-order valence-corrected chi connectivity index (χ1v) is 8.34. The molecular weight excluding hydrogens is 361 g/mol. The monoisotopic (exact) mass is 378 g/mol. The number of amides is 1. The van der Waals surface area contributed by atoms with Gasteiger partial charge in [0.2, 0.25) is 0 Å². The van der Waals surface area contributed by atoms with Crippen molar-refractivity contribution in [2.45, 2.75) is 0 Å². The van der Waals surface area contributed by atoms with Gasteiger partial charge >= 0.3 is 5.97 Å². The molecule has 1 aliphatic rings. The minimum absolute atomic E-state index is 0.301. The summed E-state index contributed by atoms with van der Waals surface area (Å²) in [6, 6.07) is 8.71. The zero-order valence-electron chi connectivity index (χ0n) is 14.3. The SMILES string of the molecule is O=C(OCC(=O)N1CCN(c2ccccc2F)CC1)c1cc(F)cc(F)c1. The minimum Gasteiger partial charge on any atom is -0.452 e. The number of hydrogen-bond acceptors (Lipinski definition) is 4. The topological polar surface area (TPSA) is 49.9 Å². The van der Waals surface area contributed by atoms with Crippen LogP contribution in [0.3, 0.4) is 0 Å². The van der Waals surface area contributed by atoms with Crippen molar-refractivity contribution < 1.29 is 27.5 Å². The lowest BCUT2D eigenvalue weighted by Crippen LogP contribution is -2.50. The van der Waals surface area contributed by atoms with Gasteiger partial charge in [0.15, 0.2) is 6.61 Å². The van der Waals surface area contributed by atoms with E-state index in [0.29, 0.717) is 37.9 Å². The molecule has 1 saturated heterocycles. The smallest absolute Gasteiger partial charge is 0.338 e. The van der Waals surface area contributed by atoms with Crippen LogP contribution in [0, 0.1) is 17.5 Å². The lowest BCUT2D eigenvalue weighted by atomic mass is 10.2. The lowest BCUT2D eigenvalue weighted by Gasteiger charge is -2.36. The maximum absolute atomic E-state index is 13.8. The molecule has 0 saturated carbocycles. The van der Waals surface area contributed by atoms with E-state index in [0.717, 1.165) is 12.1 Å². The Kier molecular flexibility index (Phi) is 5.63. The number of esters is 1. The second-order valence-corrected chi connectivity index (χ2v) is 6.05. The molecule has 0 aliphatic carbocycles. The van der Waals surface area contributed by atoms with Gasteiger partial charge in [-0.2, -0.15) is 0 Å². The standard InChI is InChI=1S/C19H17F3N2O3/c20-14-9-13(10-15(21)11-14)19(26)27-12-18(25)24-7-5-23(6-8-24)17-4-2-1-3-16(17)22/h1-4,9-11H,5-8,12H2. The fourth-order valence-corrected chi connectivity index (χ4v) is 2.88. The number of nitrogens with zero attached hydrogens (tertiary/aromatic N) is 2. The Balaban J connectivity index is 1.51. The molecule has 2 aromatic rings. The van der Waals surface area contributed by atoms with Crippen molar-refractivity contribution in [1.29, 1.82) is 0 Å². The maximum Gasteiger partial charge on any atom is 0.338 e. The molecule has 3 rings (SSSR count).